The molecule has 0 bridgehead atoms. The van der Waals surface area contributed by atoms with Gasteiger partial charge < -0.3 is 10.1 Å². The summed E-state index contributed by atoms with van der Waals surface area (Å²) in [6, 6.07) is 27.4. The lowest BCUT2D eigenvalue weighted by Gasteiger charge is -2.22. The molecule has 1 N–H and O–H groups in total. The third-order valence-electron chi connectivity index (χ3n) is 4.26. The van der Waals surface area contributed by atoms with Crippen molar-refractivity contribution in [3.63, 3.8) is 0 Å². The zero-order valence-electron chi connectivity index (χ0n) is 15.1. The van der Waals surface area contributed by atoms with Gasteiger partial charge in [-0.1, -0.05) is 78.4 Å². The summed E-state index contributed by atoms with van der Waals surface area (Å²) < 4.78 is 5.79. The van der Waals surface area contributed by atoms with Crippen molar-refractivity contribution in [2.24, 2.45) is 0 Å². The van der Waals surface area contributed by atoms with E-state index in [0.29, 0.717) is 5.75 Å². The van der Waals surface area contributed by atoms with E-state index in [1.807, 2.05) is 91.9 Å². The molecule has 0 fully saturated rings. The third-order valence-corrected chi connectivity index (χ3v) is 4.26. The average Bonchev–Trinajstić information content (AvgIpc) is 2.69. The SMILES string of the molecule is Cc1ccc(O[C@@H](C)C(=O)NC(c2ccccc2)c2ccccc2)cc1. The second-order valence-electron chi connectivity index (χ2n) is 6.34. The molecule has 3 rings (SSSR count). The maximum absolute atomic E-state index is 12.7. The monoisotopic (exact) mass is 345 g/mol. The maximum Gasteiger partial charge on any atom is 0.261 e. The van der Waals surface area contributed by atoms with Crippen molar-refractivity contribution in [1.82, 2.24) is 5.32 Å². The first-order valence-corrected chi connectivity index (χ1v) is 8.77. The molecule has 26 heavy (non-hydrogen) atoms. The van der Waals surface area contributed by atoms with Crippen LogP contribution in [0.4, 0.5) is 0 Å². The Bertz CT molecular complexity index is 790. The first-order chi connectivity index (χ1) is 12.6. The molecule has 0 spiro atoms. The number of carbonyl (C=O) groups is 1. The summed E-state index contributed by atoms with van der Waals surface area (Å²) in [5.74, 6) is 0.539. The number of hydrogen-bond donors (Lipinski definition) is 1. The summed E-state index contributed by atoms with van der Waals surface area (Å²) in [5.41, 5.74) is 3.23. The van der Waals surface area contributed by atoms with Crippen LogP contribution in [0, 0.1) is 6.92 Å². The van der Waals surface area contributed by atoms with E-state index >= 15 is 0 Å². The van der Waals surface area contributed by atoms with E-state index in [1.54, 1.807) is 6.92 Å². The van der Waals surface area contributed by atoms with Crippen molar-refractivity contribution in [1.29, 1.82) is 0 Å². The minimum Gasteiger partial charge on any atom is -0.481 e. The molecule has 0 unspecified atom stereocenters. The highest BCUT2D eigenvalue weighted by Crippen LogP contribution is 2.22. The second-order valence-corrected chi connectivity index (χ2v) is 6.34. The van der Waals surface area contributed by atoms with Gasteiger partial charge in [-0.2, -0.15) is 0 Å². The average molecular weight is 345 g/mol. The van der Waals surface area contributed by atoms with E-state index < -0.39 is 6.10 Å². The molecule has 3 aromatic rings. The van der Waals surface area contributed by atoms with Crippen molar-refractivity contribution < 1.29 is 9.53 Å². The normalized spacial score (nSPS) is 11.8. The van der Waals surface area contributed by atoms with Crippen LogP contribution in [0.15, 0.2) is 84.9 Å². The van der Waals surface area contributed by atoms with Crippen LogP contribution in [0.25, 0.3) is 0 Å². The molecule has 3 aromatic carbocycles. The lowest BCUT2D eigenvalue weighted by molar-refractivity contribution is -0.127. The van der Waals surface area contributed by atoms with Crippen molar-refractivity contribution in [2.45, 2.75) is 26.0 Å². The van der Waals surface area contributed by atoms with Crippen LogP contribution in [0.1, 0.15) is 29.7 Å². The fourth-order valence-corrected chi connectivity index (χ4v) is 2.78. The Hall–Kier alpha value is -3.07. The zero-order valence-corrected chi connectivity index (χ0v) is 15.1. The van der Waals surface area contributed by atoms with Crippen LogP contribution < -0.4 is 10.1 Å². The molecule has 1 atom stereocenters. The number of aryl methyl sites for hydroxylation is 1. The van der Waals surface area contributed by atoms with Crippen LogP contribution >= 0.6 is 0 Å². The Labute approximate surface area is 154 Å². The van der Waals surface area contributed by atoms with Gasteiger partial charge in [-0.3, -0.25) is 4.79 Å². The molecule has 0 aliphatic carbocycles. The summed E-state index contributed by atoms with van der Waals surface area (Å²) in [6.07, 6.45) is -0.590. The Morgan fingerprint density at radius 2 is 1.31 bits per heavy atom. The number of amides is 1. The molecule has 0 saturated carbocycles. The number of hydrogen-bond acceptors (Lipinski definition) is 2. The number of carbonyl (C=O) groups excluding carboxylic acids is 1. The predicted octanol–water partition coefficient (Wildman–Crippen LogP) is 4.67. The third kappa shape index (κ3) is 4.51. The molecule has 0 saturated heterocycles. The molecule has 1 amide bonds. The van der Waals surface area contributed by atoms with Gasteiger partial charge in [0, 0.05) is 0 Å². The molecule has 3 heteroatoms. The Balaban J connectivity index is 1.75. The smallest absolute Gasteiger partial charge is 0.261 e. The lowest BCUT2D eigenvalue weighted by Crippen LogP contribution is -2.39. The van der Waals surface area contributed by atoms with E-state index in [-0.39, 0.29) is 11.9 Å². The second kappa shape index (κ2) is 8.34. The van der Waals surface area contributed by atoms with E-state index in [4.69, 9.17) is 4.74 Å². The largest absolute Gasteiger partial charge is 0.481 e. The molecule has 0 aromatic heterocycles. The minimum atomic E-state index is -0.590. The summed E-state index contributed by atoms with van der Waals surface area (Å²) in [5, 5.41) is 3.12. The van der Waals surface area contributed by atoms with Crippen LogP contribution in [-0.2, 0) is 4.79 Å². The van der Waals surface area contributed by atoms with Crippen molar-refractivity contribution in [2.75, 3.05) is 0 Å². The van der Waals surface area contributed by atoms with Crippen molar-refractivity contribution >= 4 is 5.91 Å². The topological polar surface area (TPSA) is 38.3 Å². The standard InChI is InChI=1S/C23H23NO2/c1-17-13-15-21(16-14-17)26-18(2)23(25)24-22(19-9-5-3-6-10-19)20-11-7-4-8-12-20/h3-16,18,22H,1-2H3,(H,24,25)/t18-/m0/s1. The zero-order chi connectivity index (χ0) is 18.4. The van der Waals surface area contributed by atoms with Crippen LogP contribution in [0.2, 0.25) is 0 Å². The lowest BCUT2D eigenvalue weighted by atomic mass is 9.98. The summed E-state index contributed by atoms with van der Waals surface area (Å²) in [7, 11) is 0. The Kier molecular flexibility index (Phi) is 5.69. The molecule has 0 radical (unpaired) electrons. The minimum absolute atomic E-state index is 0.150. The van der Waals surface area contributed by atoms with Gasteiger partial charge >= 0.3 is 0 Å². The molecular weight excluding hydrogens is 322 g/mol. The quantitative estimate of drug-likeness (QED) is 0.705. The molecule has 0 aliphatic heterocycles. The van der Waals surface area contributed by atoms with Gasteiger partial charge in [0.05, 0.1) is 6.04 Å². The fraction of sp³-hybridized carbons (Fsp3) is 0.174. The first-order valence-electron chi connectivity index (χ1n) is 8.77. The van der Waals surface area contributed by atoms with Crippen molar-refractivity contribution in [3.05, 3.63) is 102 Å². The molecule has 132 valence electrons. The summed E-state index contributed by atoms with van der Waals surface area (Å²) in [4.78, 5) is 12.7. The molecule has 0 heterocycles. The van der Waals surface area contributed by atoms with Gasteiger partial charge in [0.2, 0.25) is 0 Å². The van der Waals surface area contributed by atoms with Crippen LogP contribution in [0.3, 0.4) is 0 Å². The summed E-state index contributed by atoms with van der Waals surface area (Å²) >= 11 is 0. The van der Waals surface area contributed by atoms with Gasteiger partial charge in [0.1, 0.15) is 5.75 Å². The number of nitrogens with one attached hydrogen (secondary N) is 1. The Morgan fingerprint density at radius 3 is 1.81 bits per heavy atom. The molecule has 3 nitrogen and oxygen atoms in total. The summed E-state index contributed by atoms with van der Waals surface area (Å²) in [6.45, 7) is 3.78. The highest BCUT2D eigenvalue weighted by molar-refractivity contribution is 5.81. The van der Waals surface area contributed by atoms with Gasteiger partial charge in [-0.15, -0.1) is 0 Å². The van der Waals surface area contributed by atoms with Crippen LogP contribution in [-0.4, -0.2) is 12.0 Å². The van der Waals surface area contributed by atoms with Gasteiger partial charge in [-0.05, 0) is 37.1 Å². The van der Waals surface area contributed by atoms with E-state index in [1.165, 1.54) is 0 Å². The van der Waals surface area contributed by atoms with E-state index in [0.717, 1.165) is 16.7 Å². The molecular formula is C23H23NO2. The highest BCUT2D eigenvalue weighted by atomic mass is 16.5. The highest BCUT2D eigenvalue weighted by Gasteiger charge is 2.21. The Morgan fingerprint density at radius 1 is 0.808 bits per heavy atom. The van der Waals surface area contributed by atoms with Crippen molar-refractivity contribution in [3.8, 4) is 5.75 Å². The first kappa shape index (κ1) is 17.7. The number of rotatable bonds is 6. The van der Waals surface area contributed by atoms with E-state index in [2.05, 4.69) is 5.32 Å². The van der Waals surface area contributed by atoms with Gasteiger partial charge in [-0.25, -0.2) is 0 Å². The number of benzene rings is 3. The van der Waals surface area contributed by atoms with Crippen LogP contribution in [0.5, 0.6) is 5.75 Å². The fourth-order valence-electron chi connectivity index (χ4n) is 2.78. The molecule has 0 aliphatic rings. The number of ether oxygens (including phenoxy) is 1. The maximum atomic E-state index is 12.7. The van der Waals surface area contributed by atoms with Gasteiger partial charge in [0.25, 0.3) is 5.91 Å². The predicted molar refractivity (Wildman–Crippen MR) is 104 cm³/mol. The van der Waals surface area contributed by atoms with E-state index in [9.17, 15) is 4.79 Å². The van der Waals surface area contributed by atoms with Gasteiger partial charge in [0.15, 0.2) is 6.10 Å².